The van der Waals surface area contributed by atoms with Gasteiger partial charge in [0.25, 0.3) is 0 Å². The Morgan fingerprint density at radius 2 is 2.12 bits per heavy atom. The van der Waals surface area contributed by atoms with Crippen LogP contribution in [0.15, 0.2) is 6.33 Å². The van der Waals surface area contributed by atoms with Gasteiger partial charge in [-0.05, 0) is 37.8 Å². The maximum Gasteiger partial charge on any atom is 0.138 e. The van der Waals surface area contributed by atoms with Crippen LogP contribution in [-0.2, 0) is 13.5 Å². The van der Waals surface area contributed by atoms with Gasteiger partial charge in [-0.3, -0.25) is 4.68 Å². The van der Waals surface area contributed by atoms with Gasteiger partial charge in [-0.2, -0.15) is 5.10 Å². The summed E-state index contributed by atoms with van der Waals surface area (Å²) in [6.45, 7) is 4.42. The molecule has 0 amide bonds. The van der Waals surface area contributed by atoms with Gasteiger partial charge in [-0.15, -0.1) is 0 Å². The molecule has 2 unspecified atom stereocenters. The number of aromatic nitrogens is 3. The highest BCUT2D eigenvalue weighted by atomic mass is 15.3. The lowest BCUT2D eigenvalue weighted by molar-refractivity contribution is 0.225. The second kappa shape index (κ2) is 6.15. The average Bonchev–Trinajstić information content (AvgIpc) is 2.74. The van der Waals surface area contributed by atoms with Gasteiger partial charge in [0.05, 0.1) is 0 Å². The van der Waals surface area contributed by atoms with E-state index in [1.54, 1.807) is 6.33 Å². The van der Waals surface area contributed by atoms with Gasteiger partial charge in [0.1, 0.15) is 12.2 Å². The van der Waals surface area contributed by atoms with Gasteiger partial charge in [0, 0.05) is 13.5 Å². The van der Waals surface area contributed by atoms with Gasteiger partial charge < -0.3 is 5.32 Å². The van der Waals surface area contributed by atoms with Crippen molar-refractivity contribution in [2.45, 2.75) is 39.0 Å². The Balaban J connectivity index is 1.94. The molecule has 1 saturated carbocycles. The molecule has 1 aliphatic rings. The molecule has 1 heterocycles. The van der Waals surface area contributed by atoms with E-state index in [4.69, 9.17) is 0 Å². The van der Waals surface area contributed by atoms with E-state index < -0.39 is 0 Å². The Morgan fingerprint density at radius 3 is 2.76 bits per heavy atom. The molecule has 1 aromatic rings. The van der Waals surface area contributed by atoms with Crippen molar-refractivity contribution < 1.29 is 0 Å². The minimum atomic E-state index is 0.783. The van der Waals surface area contributed by atoms with Crippen molar-refractivity contribution in [1.29, 1.82) is 0 Å². The molecule has 96 valence electrons. The SMILES string of the molecule is CCNCC1CCCCC1Cc1ncnn1C. The van der Waals surface area contributed by atoms with E-state index >= 15 is 0 Å². The van der Waals surface area contributed by atoms with Crippen molar-refractivity contribution in [2.24, 2.45) is 18.9 Å². The van der Waals surface area contributed by atoms with Crippen LogP contribution in [0.4, 0.5) is 0 Å². The quantitative estimate of drug-likeness (QED) is 0.847. The van der Waals surface area contributed by atoms with Gasteiger partial charge in [0.2, 0.25) is 0 Å². The summed E-state index contributed by atoms with van der Waals surface area (Å²) in [5, 5.41) is 7.66. The molecular formula is C13H24N4. The summed E-state index contributed by atoms with van der Waals surface area (Å²) < 4.78 is 1.92. The van der Waals surface area contributed by atoms with Crippen LogP contribution in [0, 0.1) is 11.8 Å². The Bertz CT molecular complexity index is 334. The standard InChI is InChI=1S/C13H24N4/c1-3-14-9-12-7-5-4-6-11(12)8-13-15-10-16-17(13)2/h10-12,14H,3-9H2,1-2H3. The van der Waals surface area contributed by atoms with Crippen LogP contribution in [0.1, 0.15) is 38.4 Å². The minimum absolute atomic E-state index is 0.783. The fourth-order valence-electron chi connectivity index (χ4n) is 2.89. The molecule has 1 fully saturated rings. The molecule has 0 spiro atoms. The molecular weight excluding hydrogens is 212 g/mol. The predicted molar refractivity (Wildman–Crippen MR) is 68.7 cm³/mol. The third kappa shape index (κ3) is 3.28. The van der Waals surface area contributed by atoms with Gasteiger partial charge in [-0.25, -0.2) is 4.98 Å². The number of nitrogens with zero attached hydrogens (tertiary/aromatic N) is 3. The Labute approximate surface area is 104 Å². The first-order chi connectivity index (χ1) is 8.31. The van der Waals surface area contributed by atoms with Gasteiger partial charge in [-0.1, -0.05) is 19.8 Å². The van der Waals surface area contributed by atoms with Crippen LogP contribution in [0.25, 0.3) is 0 Å². The zero-order valence-electron chi connectivity index (χ0n) is 11.0. The molecule has 4 nitrogen and oxygen atoms in total. The molecule has 1 N–H and O–H groups in total. The molecule has 1 aromatic heterocycles. The van der Waals surface area contributed by atoms with Crippen LogP contribution in [0.5, 0.6) is 0 Å². The molecule has 0 bridgehead atoms. The highest BCUT2D eigenvalue weighted by Gasteiger charge is 2.25. The van der Waals surface area contributed by atoms with Crippen LogP contribution in [0.2, 0.25) is 0 Å². The summed E-state index contributed by atoms with van der Waals surface area (Å²) in [4.78, 5) is 4.36. The summed E-state index contributed by atoms with van der Waals surface area (Å²) in [6, 6.07) is 0. The van der Waals surface area contributed by atoms with Gasteiger partial charge in [0.15, 0.2) is 0 Å². The lowest BCUT2D eigenvalue weighted by Gasteiger charge is -2.31. The van der Waals surface area contributed by atoms with Crippen molar-refractivity contribution in [3.63, 3.8) is 0 Å². The maximum atomic E-state index is 4.36. The monoisotopic (exact) mass is 236 g/mol. The molecule has 0 aromatic carbocycles. The lowest BCUT2D eigenvalue weighted by atomic mass is 9.77. The van der Waals surface area contributed by atoms with E-state index in [1.807, 2.05) is 11.7 Å². The van der Waals surface area contributed by atoms with Crippen molar-refractivity contribution in [3.05, 3.63) is 12.2 Å². The highest BCUT2D eigenvalue weighted by molar-refractivity contribution is 4.90. The smallest absolute Gasteiger partial charge is 0.138 e. The van der Waals surface area contributed by atoms with E-state index in [9.17, 15) is 0 Å². The highest BCUT2D eigenvalue weighted by Crippen LogP contribution is 2.31. The zero-order chi connectivity index (χ0) is 12.1. The normalized spacial score (nSPS) is 25.1. The summed E-state index contributed by atoms with van der Waals surface area (Å²) in [6.07, 6.45) is 8.25. The third-order valence-electron chi connectivity index (χ3n) is 3.97. The molecule has 0 aliphatic heterocycles. The first kappa shape index (κ1) is 12.6. The van der Waals surface area contributed by atoms with Crippen molar-refractivity contribution >= 4 is 0 Å². The number of rotatable bonds is 5. The molecule has 2 rings (SSSR count). The largest absolute Gasteiger partial charge is 0.317 e. The third-order valence-corrected chi connectivity index (χ3v) is 3.97. The van der Waals surface area contributed by atoms with Gasteiger partial charge >= 0.3 is 0 Å². The average molecular weight is 236 g/mol. The molecule has 0 radical (unpaired) electrons. The number of nitrogens with one attached hydrogen (secondary N) is 1. The fraction of sp³-hybridized carbons (Fsp3) is 0.846. The Hall–Kier alpha value is -0.900. The van der Waals surface area contributed by atoms with E-state index in [0.717, 1.165) is 30.6 Å². The van der Waals surface area contributed by atoms with Crippen LogP contribution in [0.3, 0.4) is 0 Å². The van der Waals surface area contributed by atoms with Crippen molar-refractivity contribution in [2.75, 3.05) is 13.1 Å². The number of hydrogen-bond acceptors (Lipinski definition) is 3. The van der Waals surface area contributed by atoms with Crippen LogP contribution < -0.4 is 5.32 Å². The second-order valence-electron chi connectivity index (χ2n) is 5.12. The Kier molecular flexibility index (Phi) is 4.54. The molecule has 17 heavy (non-hydrogen) atoms. The Morgan fingerprint density at radius 1 is 1.35 bits per heavy atom. The minimum Gasteiger partial charge on any atom is -0.317 e. The van der Waals surface area contributed by atoms with E-state index in [0.29, 0.717) is 0 Å². The first-order valence-electron chi connectivity index (χ1n) is 6.84. The summed E-state index contributed by atoms with van der Waals surface area (Å²) in [5.41, 5.74) is 0. The molecule has 4 heteroatoms. The summed E-state index contributed by atoms with van der Waals surface area (Å²) >= 11 is 0. The lowest BCUT2D eigenvalue weighted by Crippen LogP contribution is -2.32. The zero-order valence-corrected chi connectivity index (χ0v) is 11.0. The van der Waals surface area contributed by atoms with Crippen LogP contribution >= 0.6 is 0 Å². The predicted octanol–water partition coefficient (Wildman–Crippen LogP) is 1.77. The molecule has 0 saturated heterocycles. The second-order valence-corrected chi connectivity index (χ2v) is 5.12. The van der Waals surface area contributed by atoms with Crippen molar-refractivity contribution in [3.8, 4) is 0 Å². The number of hydrogen-bond donors (Lipinski definition) is 1. The topological polar surface area (TPSA) is 42.7 Å². The van der Waals surface area contributed by atoms with E-state index in [-0.39, 0.29) is 0 Å². The summed E-state index contributed by atoms with van der Waals surface area (Å²) in [7, 11) is 1.99. The maximum absolute atomic E-state index is 4.36. The first-order valence-corrected chi connectivity index (χ1v) is 6.84. The number of aryl methyl sites for hydroxylation is 1. The van der Waals surface area contributed by atoms with E-state index in [2.05, 4.69) is 22.3 Å². The van der Waals surface area contributed by atoms with E-state index in [1.165, 1.54) is 32.2 Å². The molecule has 1 aliphatic carbocycles. The fourth-order valence-corrected chi connectivity index (χ4v) is 2.89. The molecule has 2 atom stereocenters. The van der Waals surface area contributed by atoms with Crippen molar-refractivity contribution in [1.82, 2.24) is 20.1 Å². The van der Waals surface area contributed by atoms with Crippen LogP contribution in [-0.4, -0.2) is 27.9 Å². The summed E-state index contributed by atoms with van der Waals surface area (Å²) in [5.74, 6) is 2.74.